The van der Waals surface area contributed by atoms with Gasteiger partial charge in [0.2, 0.25) is 12.1 Å². The Morgan fingerprint density at radius 1 is 0.729 bits per heavy atom. The van der Waals surface area contributed by atoms with Gasteiger partial charge in [-0.1, -0.05) is 62.8 Å². The molecule has 2 aromatic carbocycles. The van der Waals surface area contributed by atoms with E-state index >= 15 is 0 Å². The number of fused-ring (bicyclic) bond motifs is 5. The van der Waals surface area contributed by atoms with E-state index in [9.17, 15) is 0 Å². The fourth-order valence-corrected chi connectivity index (χ4v) is 8.42. The van der Waals surface area contributed by atoms with Crippen molar-refractivity contribution in [2.45, 2.75) is 128 Å². The quantitative estimate of drug-likeness (QED) is 0.205. The molecule has 6 rings (SSSR count). The van der Waals surface area contributed by atoms with Gasteiger partial charge < -0.3 is 18.4 Å². The van der Waals surface area contributed by atoms with Gasteiger partial charge in [0, 0.05) is 18.4 Å². The zero-order valence-corrected chi connectivity index (χ0v) is 32.4. The summed E-state index contributed by atoms with van der Waals surface area (Å²) in [5.74, 6) is 2.45. The summed E-state index contributed by atoms with van der Waals surface area (Å²) >= 11 is 0. The first kappa shape index (κ1) is 35.1. The molecule has 0 aromatic heterocycles. The molecule has 6 heteroatoms. The maximum Gasteiger partial charge on any atom is 0.704 e. The van der Waals surface area contributed by atoms with Gasteiger partial charge in [0.25, 0.3) is 0 Å². The molecule has 2 aromatic rings. The van der Waals surface area contributed by atoms with E-state index in [0.29, 0.717) is 18.0 Å². The van der Waals surface area contributed by atoms with E-state index in [0.717, 1.165) is 33.3 Å². The molecule has 6 nitrogen and oxygen atoms in total. The Kier molecular flexibility index (Phi) is 8.98. The third kappa shape index (κ3) is 6.99. The van der Waals surface area contributed by atoms with Gasteiger partial charge in [-0.3, -0.25) is 0 Å². The van der Waals surface area contributed by atoms with Crippen LogP contribution in [0.4, 0.5) is 0 Å². The summed E-state index contributed by atoms with van der Waals surface area (Å²) in [6.07, 6.45) is 14.5. The SMILES string of the molecule is CC(C)(C)c1cc2c(c(C(C)(C)C)c1)OC13Oc4ccc(C(CCC[N+](C)(C)C)CCC[N+](C)(C)C)cc4C=[N+]1C1CCCCC1[N+]3=C2. The van der Waals surface area contributed by atoms with E-state index in [-0.39, 0.29) is 10.8 Å². The van der Waals surface area contributed by atoms with Crippen LogP contribution in [-0.2, 0) is 10.8 Å². The van der Waals surface area contributed by atoms with E-state index in [2.05, 4.69) is 136 Å². The second-order valence-corrected chi connectivity index (χ2v) is 19.5. The zero-order valence-electron chi connectivity index (χ0n) is 32.4. The van der Waals surface area contributed by atoms with Crippen molar-refractivity contribution in [2.24, 2.45) is 0 Å². The molecule has 48 heavy (non-hydrogen) atoms. The summed E-state index contributed by atoms with van der Waals surface area (Å²) < 4.78 is 21.5. The maximum atomic E-state index is 7.33. The van der Waals surface area contributed by atoms with Gasteiger partial charge in [0.05, 0.1) is 66.5 Å². The number of ether oxygens (including phenoxy) is 2. The predicted octanol–water partition coefficient (Wildman–Crippen LogP) is 7.62. The van der Waals surface area contributed by atoms with Crippen molar-refractivity contribution in [1.82, 2.24) is 0 Å². The van der Waals surface area contributed by atoms with E-state index in [1.165, 1.54) is 79.4 Å². The molecule has 1 spiro atoms. The van der Waals surface area contributed by atoms with Crippen molar-refractivity contribution in [3.63, 3.8) is 0 Å². The van der Waals surface area contributed by atoms with Crippen LogP contribution in [0.1, 0.15) is 127 Å². The molecule has 1 aliphatic carbocycles. The van der Waals surface area contributed by atoms with Gasteiger partial charge >= 0.3 is 6.03 Å². The number of nitrogens with zero attached hydrogens (tertiary/aromatic N) is 4. The molecule has 4 aliphatic rings. The lowest BCUT2D eigenvalue weighted by Gasteiger charge is -2.33. The van der Waals surface area contributed by atoms with Crippen LogP contribution in [0.3, 0.4) is 0 Å². The van der Waals surface area contributed by atoms with E-state index in [1.54, 1.807) is 0 Å². The van der Waals surface area contributed by atoms with Crippen LogP contribution in [0.15, 0.2) is 30.3 Å². The highest BCUT2D eigenvalue weighted by atomic mass is 16.7. The fourth-order valence-electron chi connectivity index (χ4n) is 8.42. The lowest BCUT2D eigenvalue weighted by atomic mass is 9.79. The molecule has 3 heterocycles. The Morgan fingerprint density at radius 2 is 1.29 bits per heavy atom. The lowest BCUT2D eigenvalue weighted by Crippen LogP contribution is -2.60. The molecule has 0 bridgehead atoms. The predicted molar refractivity (Wildman–Crippen MR) is 198 cm³/mol. The van der Waals surface area contributed by atoms with Crippen LogP contribution in [0.5, 0.6) is 11.5 Å². The topological polar surface area (TPSA) is 24.5 Å². The van der Waals surface area contributed by atoms with Crippen molar-refractivity contribution in [3.05, 3.63) is 58.1 Å². The molecule has 3 aliphatic heterocycles. The summed E-state index contributed by atoms with van der Waals surface area (Å²) in [6, 6.07) is 11.5. The fraction of sp³-hybridized carbons (Fsp3) is 0.667. The van der Waals surface area contributed by atoms with Crippen molar-refractivity contribution in [3.8, 4) is 11.5 Å². The van der Waals surface area contributed by atoms with Crippen molar-refractivity contribution < 1.29 is 27.6 Å². The summed E-state index contributed by atoms with van der Waals surface area (Å²) in [7, 11) is 13.8. The smallest absolute Gasteiger partial charge is 0.341 e. The van der Waals surface area contributed by atoms with Gasteiger partial charge in [-0.25, -0.2) is 0 Å². The highest BCUT2D eigenvalue weighted by Crippen LogP contribution is 2.48. The standard InChI is InChI=1S/C42H66N4O2/c1-40(2,3)34-26-33-29-44-37-20-14-13-19-36(37)43-28-32-25-31(30(17-15-23-45(7,8)9)18-16-24-46(10,11)12)21-22-38(32)47-42(43,44)48-39(33)35(27-34)41(4,5)6/h21-22,25-30,36-37H,13-20,23-24H2,1-12H3/q+4. The minimum Gasteiger partial charge on any atom is -0.341 e. The first-order chi connectivity index (χ1) is 22.3. The molecule has 3 unspecified atom stereocenters. The maximum absolute atomic E-state index is 7.33. The Balaban J connectivity index is 1.40. The van der Waals surface area contributed by atoms with E-state index in [4.69, 9.17) is 9.47 Å². The van der Waals surface area contributed by atoms with Gasteiger partial charge in [-0.05, 0) is 84.6 Å². The Morgan fingerprint density at radius 3 is 1.81 bits per heavy atom. The number of hydrogen-bond donors (Lipinski definition) is 0. The normalized spacial score (nSPS) is 23.6. The second-order valence-electron chi connectivity index (χ2n) is 19.5. The average molecular weight is 659 g/mol. The van der Waals surface area contributed by atoms with Gasteiger partial charge in [0.15, 0.2) is 23.9 Å². The number of hydrogen-bond acceptors (Lipinski definition) is 2. The van der Waals surface area contributed by atoms with E-state index < -0.39 is 6.03 Å². The van der Waals surface area contributed by atoms with Crippen molar-refractivity contribution in [1.29, 1.82) is 0 Å². The zero-order chi connectivity index (χ0) is 34.9. The Bertz CT molecular complexity index is 1570. The molecule has 2 fully saturated rings. The Hall–Kier alpha value is -2.70. The van der Waals surface area contributed by atoms with Gasteiger partial charge in [-0.2, -0.15) is 0 Å². The number of benzene rings is 2. The monoisotopic (exact) mass is 659 g/mol. The molecule has 262 valence electrons. The first-order valence-corrected chi connectivity index (χ1v) is 18.8. The first-order valence-electron chi connectivity index (χ1n) is 18.8. The van der Waals surface area contributed by atoms with Crippen LogP contribution < -0.4 is 9.47 Å². The summed E-state index contributed by atoms with van der Waals surface area (Å²) in [6.45, 7) is 16.2. The van der Waals surface area contributed by atoms with Crippen LogP contribution in [0.25, 0.3) is 0 Å². The van der Waals surface area contributed by atoms with Crippen LogP contribution in [-0.4, -0.2) is 104 Å². The molecular weight excluding hydrogens is 592 g/mol. The van der Waals surface area contributed by atoms with Crippen LogP contribution in [0.2, 0.25) is 0 Å². The van der Waals surface area contributed by atoms with Gasteiger partial charge in [0.1, 0.15) is 0 Å². The molecule has 1 saturated heterocycles. The van der Waals surface area contributed by atoms with Crippen LogP contribution >= 0.6 is 0 Å². The highest BCUT2D eigenvalue weighted by molar-refractivity contribution is 5.84. The minimum absolute atomic E-state index is 0.0454. The molecule has 0 amide bonds. The number of quaternary nitrogens is 2. The molecule has 1 saturated carbocycles. The Labute approximate surface area is 292 Å². The minimum atomic E-state index is -1.00. The number of rotatable bonds is 9. The second kappa shape index (κ2) is 12.3. The third-order valence-corrected chi connectivity index (χ3v) is 11.2. The average Bonchev–Trinajstić information content (AvgIpc) is 3.23. The summed E-state index contributed by atoms with van der Waals surface area (Å²) in [5.41, 5.74) is 6.40. The van der Waals surface area contributed by atoms with E-state index in [1.807, 2.05) is 0 Å². The lowest BCUT2D eigenvalue weighted by molar-refractivity contribution is -0.870. The summed E-state index contributed by atoms with van der Waals surface area (Å²) in [4.78, 5) is 0. The van der Waals surface area contributed by atoms with Crippen molar-refractivity contribution >= 4 is 12.4 Å². The summed E-state index contributed by atoms with van der Waals surface area (Å²) in [5, 5.41) is 0. The van der Waals surface area contributed by atoms with Gasteiger partial charge in [-0.15, -0.1) is 0 Å². The third-order valence-electron chi connectivity index (χ3n) is 11.2. The highest BCUT2D eigenvalue weighted by Gasteiger charge is 2.76. The van der Waals surface area contributed by atoms with Crippen LogP contribution in [0, 0.1) is 0 Å². The molecule has 3 atom stereocenters. The molecular formula is C42H66N4O2+4. The molecule has 0 N–H and O–H groups in total. The molecule has 0 radical (unpaired) electrons. The van der Waals surface area contributed by atoms with Crippen molar-refractivity contribution in [2.75, 3.05) is 55.4 Å². The largest absolute Gasteiger partial charge is 0.704 e.